The normalized spacial score (nSPS) is 13.2. The lowest BCUT2D eigenvalue weighted by Gasteiger charge is -2.24. The standard InChI is InChI=1S/C16H20N4O3S/c1-12(14-5-7-15(8-6-14)24(17,22)23)20(3)16(21)9-4-13-10-18-19(2)11-13/h4-12H,1-3H3,(H2,17,22,23). The van der Waals surface area contributed by atoms with Gasteiger partial charge in [-0.15, -0.1) is 0 Å². The van der Waals surface area contributed by atoms with E-state index in [2.05, 4.69) is 5.10 Å². The van der Waals surface area contributed by atoms with E-state index in [0.717, 1.165) is 11.1 Å². The molecule has 0 spiro atoms. The maximum Gasteiger partial charge on any atom is 0.246 e. The molecule has 2 N–H and O–H groups in total. The molecule has 2 rings (SSSR count). The Kier molecular flexibility index (Phi) is 5.20. The van der Waals surface area contributed by atoms with Crippen molar-refractivity contribution in [2.75, 3.05) is 7.05 Å². The van der Waals surface area contributed by atoms with Crippen LogP contribution in [-0.4, -0.2) is 36.1 Å². The van der Waals surface area contributed by atoms with Gasteiger partial charge in [-0.25, -0.2) is 13.6 Å². The summed E-state index contributed by atoms with van der Waals surface area (Å²) >= 11 is 0. The summed E-state index contributed by atoms with van der Waals surface area (Å²) in [6.07, 6.45) is 6.65. The molecule has 0 fully saturated rings. The molecule has 1 unspecified atom stereocenters. The van der Waals surface area contributed by atoms with Crippen LogP contribution < -0.4 is 5.14 Å². The first kappa shape index (κ1) is 17.9. The fraction of sp³-hybridized carbons (Fsp3) is 0.250. The molecule has 1 aromatic heterocycles. The van der Waals surface area contributed by atoms with E-state index in [1.807, 2.05) is 6.92 Å². The number of nitrogens with two attached hydrogens (primary N) is 1. The van der Waals surface area contributed by atoms with Gasteiger partial charge in [0.15, 0.2) is 0 Å². The molecule has 1 atom stereocenters. The summed E-state index contributed by atoms with van der Waals surface area (Å²) in [5.41, 5.74) is 1.65. The molecule has 1 heterocycles. The van der Waals surface area contributed by atoms with Crippen LogP contribution >= 0.6 is 0 Å². The number of rotatable bonds is 5. The highest BCUT2D eigenvalue weighted by Gasteiger charge is 2.16. The molecule has 1 aromatic carbocycles. The summed E-state index contributed by atoms with van der Waals surface area (Å²) in [4.78, 5) is 13.9. The van der Waals surface area contributed by atoms with Gasteiger partial charge in [-0.1, -0.05) is 12.1 Å². The number of nitrogens with zero attached hydrogens (tertiary/aromatic N) is 3. The highest BCUT2D eigenvalue weighted by Crippen LogP contribution is 2.20. The second-order valence-corrected chi connectivity index (χ2v) is 7.08. The average molecular weight is 348 g/mol. The molecule has 7 nitrogen and oxygen atoms in total. The number of hydrogen-bond donors (Lipinski definition) is 1. The molecule has 8 heteroatoms. The van der Waals surface area contributed by atoms with E-state index in [-0.39, 0.29) is 16.8 Å². The Balaban J connectivity index is 2.09. The highest BCUT2D eigenvalue weighted by atomic mass is 32.2. The van der Waals surface area contributed by atoms with E-state index in [1.165, 1.54) is 18.2 Å². The number of aryl methyl sites for hydroxylation is 1. The molecule has 0 aliphatic heterocycles. The number of sulfonamides is 1. The smallest absolute Gasteiger partial charge is 0.246 e. The molecule has 0 aliphatic rings. The lowest BCUT2D eigenvalue weighted by molar-refractivity contribution is -0.126. The summed E-state index contributed by atoms with van der Waals surface area (Å²) in [5, 5.41) is 9.11. The van der Waals surface area contributed by atoms with Crippen molar-refractivity contribution in [3.8, 4) is 0 Å². The quantitative estimate of drug-likeness (QED) is 0.823. The Labute approximate surface area is 141 Å². The van der Waals surface area contributed by atoms with Gasteiger partial charge in [0.1, 0.15) is 0 Å². The van der Waals surface area contributed by atoms with E-state index < -0.39 is 10.0 Å². The first-order valence-corrected chi connectivity index (χ1v) is 8.79. The number of benzene rings is 1. The molecule has 0 bridgehead atoms. The number of carbonyl (C=O) groups is 1. The van der Waals surface area contributed by atoms with Gasteiger partial charge in [0.25, 0.3) is 0 Å². The minimum Gasteiger partial charge on any atom is -0.335 e. The third-order valence-corrected chi connectivity index (χ3v) is 4.69. The zero-order valence-corrected chi connectivity index (χ0v) is 14.6. The minimum absolute atomic E-state index is 0.0453. The van der Waals surface area contributed by atoms with Crippen molar-refractivity contribution in [3.63, 3.8) is 0 Å². The van der Waals surface area contributed by atoms with Gasteiger partial charge in [-0.3, -0.25) is 9.48 Å². The van der Waals surface area contributed by atoms with E-state index in [9.17, 15) is 13.2 Å². The summed E-state index contributed by atoms with van der Waals surface area (Å²) < 4.78 is 24.2. The van der Waals surface area contributed by atoms with Crippen molar-refractivity contribution in [2.45, 2.75) is 17.9 Å². The van der Waals surface area contributed by atoms with Gasteiger partial charge in [0.05, 0.1) is 17.1 Å². The molecular weight excluding hydrogens is 328 g/mol. The Morgan fingerprint density at radius 3 is 2.46 bits per heavy atom. The Hall–Kier alpha value is -2.45. The predicted octanol–water partition coefficient (Wildman–Crippen LogP) is 1.30. The Morgan fingerprint density at radius 2 is 1.96 bits per heavy atom. The van der Waals surface area contributed by atoms with Gasteiger partial charge < -0.3 is 4.90 Å². The third kappa shape index (κ3) is 4.30. The zero-order valence-electron chi connectivity index (χ0n) is 13.7. The number of likely N-dealkylation sites (N-methyl/N-ethyl adjacent to an activating group) is 1. The second-order valence-electron chi connectivity index (χ2n) is 5.52. The minimum atomic E-state index is -3.72. The SMILES string of the molecule is CC(c1ccc(S(N)(=O)=O)cc1)N(C)C(=O)C=Cc1cnn(C)c1. The van der Waals surface area contributed by atoms with Gasteiger partial charge in [-0.2, -0.15) is 5.10 Å². The van der Waals surface area contributed by atoms with Gasteiger partial charge in [0.2, 0.25) is 15.9 Å². The number of hydrogen-bond acceptors (Lipinski definition) is 4. The zero-order chi connectivity index (χ0) is 17.9. The second kappa shape index (κ2) is 6.98. The number of amides is 1. The molecule has 128 valence electrons. The van der Waals surface area contributed by atoms with Crippen LogP contribution in [0.4, 0.5) is 0 Å². The van der Waals surface area contributed by atoms with Crippen molar-refractivity contribution in [2.24, 2.45) is 12.2 Å². The van der Waals surface area contributed by atoms with Crippen LogP contribution in [0.5, 0.6) is 0 Å². The third-order valence-electron chi connectivity index (χ3n) is 3.76. The monoisotopic (exact) mass is 348 g/mol. The highest BCUT2D eigenvalue weighted by molar-refractivity contribution is 7.89. The van der Waals surface area contributed by atoms with Crippen molar-refractivity contribution in [1.29, 1.82) is 0 Å². The lowest BCUT2D eigenvalue weighted by Crippen LogP contribution is -2.28. The maximum atomic E-state index is 12.3. The van der Waals surface area contributed by atoms with Crippen molar-refractivity contribution in [1.82, 2.24) is 14.7 Å². The van der Waals surface area contributed by atoms with Crippen molar-refractivity contribution >= 4 is 22.0 Å². The number of primary sulfonamides is 1. The topological polar surface area (TPSA) is 98.3 Å². The fourth-order valence-corrected chi connectivity index (χ4v) is 2.68. The van der Waals surface area contributed by atoms with Crippen molar-refractivity contribution in [3.05, 3.63) is 53.9 Å². The van der Waals surface area contributed by atoms with Crippen LogP contribution in [0.15, 0.2) is 47.6 Å². The molecule has 0 radical (unpaired) electrons. The first-order valence-electron chi connectivity index (χ1n) is 7.25. The van der Waals surface area contributed by atoms with Gasteiger partial charge >= 0.3 is 0 Å². The first-order chi connectivity index (χ1) is 11.2. The lowest BCUT2D eigenvalue weighted by atomic mass is 10.1. The van der Waals surface area contributed by atoms with E-state index in [0.29, 0.717) is 0 Å². The van der Waals surface area contributed by atoms with Crippen LogP contribution in [0.2, 0.25) is 0 Å². The fourth-order valence-electron chi connectivity index (χ4n) is 2.16. The summed E-state index contributed by atoms with van der Waals surface area (Å²) in [6, 6.07) is 5.96. The molecule has 1 amide bonds. The largest absolute Gasteiger partial charge is 0.335 e. The van der Waals surface area contributed by atoms with E-state index >= 15 is 0 Å². The van der Waals surface area contributed by atoms with Gasteiger partial charge in [-0.05, 0) is 30.7 Å². The summed E-state index contributed by atoms with van der Waals surface area (Å²) in [6.45, 7) is 1.86. The average Bonchev–Trinajstić information content (AvgIpc) is 2.96. The van der Waals surface area contributed by atoms with E-state index in [1.54, 1.807) is 54.3 Å². The summed E-state index contributed by atoms with van der Waals surface area (Å²) in [5.74, 6) is -0.165. The van der Waals surface area contributed by atoms with E-state index in [4.69, 9.17) is 5.14 Å². The molecule has 0 aliphatic carbocycles. The number of aromatic nitrogens is 2. The number of carbonyl (C=O) groups excluding carboxylic acids is 1. The Bertz CT molecular complexity index is 854. The maximum absolute atomic E-state index is 12.3. The Morgan fingerprint density at radius 1 is 1.33 bits per heavy atom. The van der Waals surface area contributed by atoms with Gasteiger partial charge in [0, 0.05) is 31.9 Å². The van der Waals surface area contributed by atoms with Crippen molar-refractivity contribution < 1.29 is 13.2 Å². The molecule has 0 saturated heterocycles. The van der Waals surface area contributed by atoms with Crippen LogP contribution in [0.25, 0.3) is 6.08 Å². The molecule has 2 aromatic rings. The van der Waals surface area contributed by atoms with Crippen LogP contribution in [0, 0.1) is 0 Å². The van der Waals surface area contributed by atoms with Crippen LogP contribution in [0.1, 0.15) is 24.1 Å². The predicted molar refractivity (Wildman–Crippen MR) is 91.2 cm³/mol. The summed E-state index contributed by atoms with van der Waals surface area (Å²) in [7, 11) is -0.226. The molecular formula is C16H20N4O3S. The van der Waals surface area contributed by atoms with Crippen LogP contribution in [-0.2, 0) is 21.9 Å². The molecule has 0 saturated carbocycles. The van der Waals surface area contributed by atoms with Crippen LogP contribution in [0.3, 0.4) is 0 Å². The molecule has 24 heavy (non-hydrogen) atoms.